The Hall–Kier alpha value is -3.81. The van der Waals surface area contributed by atoms with Gasteiger partial charge < -0.3 is 24.9 Å². The standard InChI is InChI=1S/C21H19N3O5/c1-27-19-12(20(25)24-14-8-9-28-21(14)26)6-7-13(22)17(19)18(23)16-10-11-4-2-3-5-15(11)29-16/h2-7,10,14,23H,8-9,22H2,1H3,(H,24,25)/p+1/t14-/m1/s1. The lowest BCUT2D eigenvalue weighted by Crippen LogP contribution is -2.42. The highest BCUT2D eigenvalue weighted by Crippen LogP contribution is 2.32. The second kappa shape index (κ2) is 7.31. The number of methoxy groups -OCH3 is 1. The van der Waals surface area contributed by atoms with Gasteiger partial charge in [0.1, 0.15) is 22.9 Å². The molecule has 3 aromatic rings. The molecule has 8 heteroatoms. The van der Waals surface area contributed by atoms with E-state index in [0.717, 1.165) is 5.39 Å². The molecule has 1 aliphatic heterocycles. The minimum absolute atomic E-state index is 0.201. The van der Waals surface area contributed by atoms with Crippen molar-refractivity contribution in [1.29, 1.82) is 0 Å². The molecule has 4 rings (SSSR count). The Morgan fingerprint density at radius 2 is 2.07 bits per heavy atom. The molecule has 0 radical (unpaired) electrons. The number of hydrogen-bond acceptors (Lipinski definition) is 6. The minimum Gasteiger partial charge on any atom is -0.495 e. The van der Waals surface area contributed by atoms with E-state index < -0.39 is 17.9 Å². The third kappa shape index (κ3) is 3.29. The van der Waals surface area contributed by atoms with Crippen LogP contribution in [0.25, 0.3) is 11.0 Å². The summed E-state index contributed by atoms with van der Waals surface area (Å²) in [5.41, 5.74) is 7.96. The fourth-order valence-electron chi connectivity index (χ4n) is 3.37. The zero-order valence-corrected chi connectivity index (χ0v) is 15.7. The summed E-state index contributed by atoms with van der Waals surface area (Å²) in [5.74, 6) is -0.328. The highest BCUT2D eigenvalue weighted by atomic mass is 16.5. The summed E-state index contributed by atoms with van der Waals surface area (Å²) in [6, 6.07) is 11.7. The number of carbonyl (C=O) groups excluding carboxylic acids is 2. The Morgan fingerprint density at radius 1 is 1.28 bits per heavy atom. The van der Waals surface area contributed by atoms with Gasteiger partial charge in [0.2, 0.25) is 0 Å². The van der Waals surface area contributed by atoms with Crippen LogP contribution in [0.5, 0.6) is 5.75 Å². The first kappa shape index (κ1) is 18.5. The number of nitrogen functional groups attached to an aromatic ring is 1. The van der Waals surface area contributed by atoms with Crippen LogP contribution in [-0.4, -0.2) is 37.3 Å². The van der Waals surface area contributed by atoms with Crippen molar-refractivity contribution in [2.45, 2.75) is 12.5 Å². The summed E-state index contributed by atoms with van der Waals surface area (Å²) >= 11 is 0. The van der Waals surface area contributed by atoms with Gasteiger partial charge in [0.05, 0.1) is 19.3 Å². The second-order valence-electron chi connectivity index (χ2n) is 6.65. The third-order valence-electron chi connectivity index (χ3n) is 4.84. The Labute approximate surface area is 166 Å². The maximum absolute atomic E-state index is 12.8. The molecule has 1 atom stereocenters. The van der Waals surface area contributed by atoms with Crippen LogP contribution in [0.1, 0.15) is 28.1 Å². The van der Waals surface area contributed by atoms with Gasteiger partial charge in [0.15, 0.2) is 5.76 Å². The molecule has 2 aromatic carbocycles. The normalized spacial score (nSPS) is 15.9. The highest BCUT2D eigenvalue weighted by molar-refractivity contribution is 6.15. The molecular weight excluding hydrogens is 374 g/mol. The molecule has 0 spiro atoms. The number of fused-ring (bicyclic) bond motifs is 1. The van der Waals surface area contributed by atoms with Gasteiger partial charge in [0.25, 0.3) is 11.6 Å². The molecule has 148 valence electrons. The number of nitrogens with two attached hydrogens (primary N) is 2. The predicted octanol–water partition coefficient (Wildman–Crippen LogP) is 0.665. The number of carbonyl (C=O) groups is 2. The fraction of sp³-hybridized carbons (Fsp3) is 0.190. The van der Waals surface area contributed by atoms with Crippen LogP contribution in [-0.2, 0) is 9.53 Å². The minimum atomic E-state index is -0.690. The number of rotatable bonds is 5. The lowest BCUT2D eigenvalue weighted by atomic mass is 10.00. The van der Waals surface area contributed by atoms with E-state index in [2.05, 4.69) is 5.32 Å². The molecule has 0 saturated carbocycles. The molecule has 1 aromatic heterocycles. The topological polar surface area (TPSA) is 129 Å². The maximum atomic E-state index is 12.8. The van der Waals surface area contributed by atoms with Gasteiger partial charge in [-0.1, -0.05) is 18.2 Å². The largest absolute Gasteiger partial charge is 0.495 e. The van der Waals surface area contributed by atoms with Crippen molar-refractivity contribution in [3.8, 4) is 5.75 Å². The van der Waals surface area contributed by atoms with Crippen molar-refractivity contribution in [3.63, 3.8) is 0 Å². The van der Waals surface area contributed by atoms with E-state index in [0.29, 0.717) is 29.0 Å². The van der Waals surface area contributed by atoms with Crippen LogP contribution < -0.4 is 21.2 Å². The zero-order chi connectivity index (χ0) is 20.5. The monoisotopic (exact) mass is 394 g/mol. The quantitative estimate of drug-likeness (QED) is 0.331. The molecule has 1 saturated heterocycles. The van der Waals surface area contributed by atoms with Crippen molar-refractivity contribution in [1.82, 2.24) is 5.32 Å². The van der Waals surface area contributed by atoms with E-state index in [9.17, 15) is 9.59 Å². The van der Waals surface area contributed by atoms with E-state index in [1.165, 1.54) is 13.2 Å². The summed E-state index contributed by atoms with van der Waals surface area (Å²) in [4.78, 5) is 24.4. The molecule has 0 bridgehead atoms. The van der Waals surface area contributed by atoms with Gasteiger partial charge in [-0.3, -0.25) is 10.2 Å². The fourth-order valence-corrected chi connectivity index (χ4v) is 3.37. The van der Waals surface area contributed by atoms with Gasteiger partial charge >= 0.3 is 5.97 Å². The summed E-state index contributed by atoms with van der Waals surface area (Å²) in [6.07, 6.45) is 0.419. The Morgan fingerprint density at radius 3 is 2.76 bits per heavy atom. The summed E-state index contributed by atoms with van der Waals surface area (Å²) in [5, 5.41) is 9.91. The number of nitrogens with one attached hydrogen (secondary N) is 1. The molecule has 5 N–H and O–H groups in total. The van der Waals surface area contributed by atoms with Crippen molar-refractivity contribution in [2.75, 3.05) is 19.5 Å². The SMILES string of the molecule is COc1c(C(=O)N[C@@H]2CCOC2=O)ccc(N)c1C(=[NH2+])c1cc2ccccc2o1. The van der Waals surface area contributed by atoms with Crippen LogP contribution in [0.15, 0.2) is 46.9 Å². The number of para-hydroxylation sites is 1. The van der Waals surface area contributed by atoms with Crippen LogP contribution in [0, 0.1) is 0 Å². The lowest BCUT2D eigenvalue weighted by Gasteiger charge is -2.15. The number of ether oxygens (including phenoxy) is 2. The number of anilines is 1. The molecule has 29 heavy (non-hydrogen) atoms. The van der Waals surface area contributed by atoms with E-state index in [1.807, 2.05) is 24.3 Å². The van der Waals surface area contributed by atoms with Crippen molar-refractivity contribution in [3.05, 3.63) is 59.4 Å². The second-order valence-corrected chi connectivity index (χ2v) is 6.65. The van der Waals surface area contributed by atoms with E-state index in [-0.39, 0.29) is 23.6 Å². The number of esters is 1. The predicted molar refractivity (Wildman–Crippen MR) is 106 cm³/mol. The molecule has 1 amide bonds. The van der Waals surface area contributed by atoms with Gasteiger partial charge in [-0.15, -0.1) is 0 Å². The van der Waals surface area contributed by atoms with E-state index in [4.69, 9.17) is 25.0 Å². The van der Waals surface area contributed by atoms with Crippen molar-refractivity contribution in [2.24, 2.45) is 0 Å². The first-order chi connectivity index (χ1) is 14.0. The Bertz CT molecular complexity index is 1100. The Kier molecular flexibility index (Phi) is 4.67. The van der Waals surface area contributed by atoms with Crippen molar-refractivity contribution < 1.29 is 28.9 Å². The van der Waals surface area contributed by atoms with Crippen LogP contribution in [0.3, 0.4) is 0 Å². The maximum Gasteiger partial charge on any atom is 0.328 e. The number of cyclic esters (lactones) is 1. The number of hydrogen-bond donors (Lipinski definition) is 3. The zero-order valence-electron chi connectivity index (χ0n) is 15.7. The molecule has 0 unspecified atom stereocenters. The molecule has 0 aliphatic carbocycles. The van der Waals surface area contributed by atoms with Gasteiger partial charge in [-0.05, 0) is 24.3 Å². The van der Waals surface area contributed by atoms with Crippen LogP contribution in [0.4, 0.5) is 5.69 Å². The van der Waals surface area contributed by atoms with Gasteiger partial charge in [-0.2, -0.15) is 0 Å². The van der Waals surface area contributed by atoms with E-state index in [1.54, 1.807) is 12.1 Å². The average molecular weight is 394 g/mol. The van der Waals surface area contributed by atoms with Gasteiger partial charge in [0, 0.05) is 17.5 Å². The summed E-state index contributed by atoms with van der Waals surface area (Å²) in [7, 11) is 1.42. The van der Waals surface area contributed by atoms with Crippen LogP contribution in [0.2, 0.25) is 0 Å². The third-order valence-corrected chi connectivity index (χ3v) is 4.84. The molecule has 1 fully saturated rings. The van der Waals surface area contributed by atoms with Crippen molar-refractivity contribution >= 4 is 34.2 Å². The first-order valence-corrected chi connectivity index (χ1v) is 9.05. The molecular formula is C21H20N3O5+. The van der Waals surface area contributed by atoms with Gasteiger partial charge in [-0.25, -0.2) is 4.79 Å². The number of amides is 1. The summed E-state index contributed by atoms with van der Waals surface area (Å²) in [6.45, 7) is 0.278. The molecule has 2 heterocycles. The van der Waals surface area contributed by atoms with E-state index >= 15 is 0 Å². The summed E-state index contributed by atoms with van der Waals surface area (Å²) < 4.78 is 16.2. The lowest BCUT2D eigenvalue weighted by molar-refractivity contribution is -0.139. The molecule has 1 aliphatic rings. The Balaban J connectivity index is 1.72. The smallest absolute Gasteiger partial charge is 0.328 e. The highest BCUT2D eigenvalue weighted by Gasteiger charge is 2.31. The first-order valence-electron chi connectivity index (χ1n) is 9.05. The number of furan rings is 1. The average Bonchev–Trinajstić information content (AvgIpc) is 3.33. The molecule has 8 nitrogen and oxygen atoms in total. The number of benzene rings is 2. The van der Waals surface area contributed by atoms with Crippen LogP contribution >= 0.6 is 0 Å².